The summed E-state index contributed by atoms with van der Waals surface area (Å²) in [6, 6.07) is 0. The molecule has 0 radical (unpaired) electrons. The maximum atomic E-state index is 5.67. The molecule has 2 fully saturated rings. The van der Waals surface area contributed by atoms with Gasteiger partial charge in [-0.1, -0.05) is 6.92 Å². The van der Waals surface area contributed by atoms with Gasteiger partial charge >= 0.3 is 0 Å². The van der Waals surface area contributed by atoms with Gasteiger partial charge in [-0.25, -0.2) is 0 Å². The molecule has 2 rings (SSSR count). The number of ether oxygens (including phenoxy) is 1. The molecule has 1 aliphatic carbocycles. The van der Waals surface area contributed by atoms with Crippen LogP contribution in [-0.4, -0.2) is 51.3 Å². The maximum Gasteiger partial charge on any atom is 0.0593 e. The van der Waals surface area contributed by atoms with Crippen LogP contribution in [0.4, 0.5) is 0 Å². The monoisotopic (exact) mass is 262 g/mol. The van der Waals surface area contributed by atoms with Crippen LogP contribution in [0.5, 0.6) is 0 Å². The zero-order valence-corrected chi connectivity index (χ0v) is 12.0. The molecule has 2 aliphatic rings. The molecule has 102 valence electrons. The first kappa shape index (κ1) is 15.2. The number of likely N-dealkylation sites (N-methyl/N-ethyl adjacent to an activating group) is 1. The molecule has 0 bridgehead atoms. The molecule has 1 saturated carbocycles. The second kappa shape index (κ2) is 6.93. The second-order valence-electron chi connectivity index (χ2n) is 5.99. The van der Waals surface area contributed by atoms with Crippen LogP contribution in [0.1, 0.15) is 26.2 Å². The van der Waals surface area contributed by atoms with Crippen molar-refractivity contribution in [1.82, 2.24) is 10.2 Å². The van der Waals surface area contributed by atoms with Gasteiger partial charge in [-0.15, -0.1) is 12.4 Å². The number of nitrogens with one attached hydrogen (secondary N) is 1. The van der Waals surface area contributed by atoms with Crippen LogP contribution in [0, 0.1) is 11.3 Å². The van der Waals surface area contributed by atoms with Crippen molar-refractivity contribution in [3.63, 3.8) is 0 Å². The Morgan fingerprint density at radius 2 is 2.18 bits per heavy atom. The SMILES string of the molecule is CN(CCOCC1CC1)CC1(C)CCNC1.Cl. The normalized spacial score (nSPS) is 28.4. The van der Waals surface area contributed by atoms with Gasteiger partial charge in [-0.05, 0) is 44.2 Å². The first-order valence-corrected chi connectivity index (χ1v) is 6.65. The Bertz CT molecular complexity index is 215. The van der Waals surface area contributed by atoms with Crippen molar-refractivity contribution < 1.29 is 4.74 Å². The summed E-state index contributed by atoms with van der Waals surface area (Å²) in [5.74, 6) is 0.891. The Labute approximate surface area is 112 Å². The summed E-state index contributed by atoms with van der Waals surface area (Å²) in [6.45, 7) is 8.88. The molecule has 1 atom stereocenters. The van der Waals surface area contributed by atoms with Crippen molar-refractivity contribution in [3.8, 4) is 0 Å². The van der Waals surface area contributed by atoms with E-state index in [2.05, 4.69) is 24.2 Å². The van der Waals surface area contributed by atoms with E-state index < -0.39 is 0 Å². The van der Waals surface area contributed by atoms with E-state index in [1.807, 2.05) is 0 Å². The van der Waals surface area contributed by atoms with Gasteiger partial charge in [0.1, 0.15) is 0 Å². The number of hydrogen-bond acceptors (Lipinski definition) is 3. The molecular formula is C13H27ClN2O. The zero-order valence-electron chi connectivity index (χ0n) is 11.2. The highest BCUT2D eigenvalue weighted by molar-refractivity contribution is 5.85. The minimum atomic E-state index is 0. The lowest BCUT2D eigenvalue weighted by Gasteiger charge is -2.29. The van der Waals surface area contributed by atoms with Gasteiger partial charge in [0.2, 0.25) is 0 Å². The zero-order chi connectivity index (χ0) is 11.4. The lowest BCUT2D eigenvalue weighted by molar-refractivity contribution is 0.0920. The summed E-state index contributed by atoms with van der Waals surface area (Å²) in [6.07, 6.45) is 4.08. The van der Waals surface area contributed by atoms with E-state index in [9.17, 15) is 0 Å². The van der Waals surface area contributed by atoms with Gasteiger partial charge in [-0.3, -0.25) is 0 Å². The lowest BCUT2D eigenvalue weighted by atomic mass is 9.89. The smallest absolute Gasteiger partial charge is 0.0593 e. The molecule has 3 nitrogen and oxygen atoms in total. The quantitative estimate of drug-likeness (QED) is 0.708. The minimum absolute atomic E-state index is 0. The highest BCUT2D eigenvalue weighted by Crippen LogP contribution is 2.28. The molecular weight excluding hydrogens is 236 g/mol. The van der Waals surface area contributed by atoms with E-state index in [0.29, 0.717) is 5.41 Å². The van der Waals surface area contributed by atoms with Crippen LogP contribution in [-0.2, 0) is 4.74 Å². The summed E-state index contributed by atoms with van der Waals surface area (Å²) >= 11 is 0. The molecule has 1 heterocycles. The van der Waals surface area contributed by atoms with Crippen molar-refractivity contribution in [1.29, 1.82) is 0 Å². The number of hydrogen-bond donors (Lipinski definition) is 1. The van der Waals surface area contributed by atoms with E-state index in [4.69, 9.17) is 4.74 Å². The second-order valence-corrected chi connectivity index (χ2v) is 5.99. The van der Waals surface area contributed by atoms with Gasteiger partial charge in [0, 0.05) is 26.2 Å². The standard InChI is InChI=1S/C13H26N2O.ClH/c1-13(5-6-14-10-13)11-15(2)7-8-16-9-12-3-4-12;/h12,14H,3-11H2,1-2H3;1H. The maximum absolute atomic E-state index is 5.67. The highest BCUT2D eigenvalue weighted by atomic mass is 35.5. The average molecular weight is 263 g/mol. The summed E-state index contributed by atoms with van der Waals surface area (Å²) < 4.78 is 5.67. The molecule has 1 saturated heterocycles. The Morgan fingerprint density at radius 3 is 2.76 bits per heavy atom. The Hall–Kier alpha value is 0.170. The topological polar surface area (TPSA) is 24.5 Å². The third kappa shape index (κ3) is 5.56. The summed E-state index contributed by atoms with van der Waals surface area (Å²) in [5, 5.41) is 3.45. The van der Waals surface area contributed by atoms with Gasteiger partial charge in [-0.2, -0.15) is 0 Å². The Morgan fingerprint density at radius 1 is 1.41 bits per heavy atom. The van der Waals surface area contributed by atoms with Gasteiger partial charge in [0.25, 0.3) is 0 Å². The van der Waals surface area contributed by atoms with E-state index in [-0.39, 0.29) is 12.4 Å². The summed E-state index contributed by atoms with van der Waals surface area (Å²) in [4.78, 5) is 2.42. The van der Waals surface area contributed by atoms with Crippen molar-refractivity contribution in [2.45, 2.75) is 26.2 Å². The molecule has 0 aromatic heterocycles. The molecule has 1 N–H and O–H groups in total. The van der Waals surface area contributed by atoms with Crippen LogP contribution in [0.2, 0.25) is 0 Å². The lowest BCUT2D eigenvalue weighted by Crippen LogP contribution is -2.36. The number of rotatable bonds is 7. The molecule has 0 aromatic carbocycles. The van der Waals surface area contributed by atoms with Crippen LogP contribution in [0.3, 0.4) is 0 Å². The van der Waals surface area contributed by atoms with Crippen molar-refractivity contribution in [2.75, 3.05) is 46.4 Å². The van der Waals surface area contributed by atoms with E-state index in [1.54, 1.807) is 0 Å². The summed E-state index contributed by atoms with van der Waals surface area (Å²) in [7, 11) is 2.21. The van der Waals surface area contributed by atoms with Crippen molar-refractivity contribution in [3.05, 3.63) is 0 Å². The third-order valence-corrected chi connectivity index (χ3v) is 3.78. The Kier molecular flexibility index (Phi) is 6.21. The minimum Gasteiger partial charge on any atom is -0.380 e. The number of nitrogens with zero attached hydrogens (tertiary/aromatic N) is 1. The van der Waals surface area contributed by atoms with Crippen LogP contribution in [0.25, 0.3) is 0 Å². The average Bonchev–Trinajstić information content (AvgIpc) is 2.96. The molecule has 0 spiro atoms. The first-order chi connectivity index (χ1) is 7.68. The van der Waals surface area contributed by atoms with E-state index in [0.717, 1.165) is 25.7 Å². The van der Waals surface area contributed by atoms with Crippen molar-refractivity contribution in [2.24, 2.45) is 11.3 Å². The predicted molar refractivity (Wildman–Crippen MR) is 73.9 cm³/mol. The molecule has 1 unspecified atom stereocenters. The number of halogens is 1. The molecule has 1 aliphatic heterocycles. The van der Waals surface area contributed by atoms with E-state index in [1.165, 1.54) is 38.9 Å². The predicted octanol–water partition coefficient (Wildman–Crippen LogP) is 1.77. The van der Waals surface area contributed by atoms with Gasteiger partial charge in [0.05, 0.1) is 6.61 Å². The van der Waals surface area contributed by atoms with Gasteiger partial charge in [0.15, 0.2) is 0 Å². The summed E-state index contributed by atoms with van der Waals surface area (Å²) in [5.41, 5.74) is 0.477. The molecule has 17 heavy (non-hydrogen) atoms. The Balaban J connectivity index is 0.00000144. The largest absolute Gasteiger partial charge is 0.380 e. The van der Waals surface area contributed by atoms with Crippen molar-refractivity contribution >= 4 is 12.4 Å². The first-order valence-electron chi connectivity index (χ1n) is 6.65. The van der Waals surface area contributed by atoms with Crippen LogP contribution < -0.4 is 5.32 Å². The third-order valence-electron chi connectivity index (χ3n) is 3.78. The molecule has 0 aromatic rings. The molecule has 4 heteroatoms. The molecule has 0 amide bonds. The fraction of sp³-hybridized carbons (Fsp3) is 1.00. The van der Waals surface area contributed by atoms with Gasteiger partial charge < -0.3 is 15.0 Å². The van der Waals surface area contributed by atoms with Crippen LogP contribution >= 0.6 is 12.4 Å². The van der Waals surface area contributed by atoms with Crippen LogP contribution in [0.15, 0.2) is 0 Å². The van der Waals surface area contributed by atoms with E-state index >= 15 is 0 Å². The fourth-order valence-corrected chi connectivity index (χ4v) is 2.49. The highest BCUT2D eigenvalue weighted by Gasteiger charge is 2.29. The fourth-order valence-electron chi connectivity index (χ4n) is 2.49.